The molecular formula is C12H18ClNO2. The predicted octanol–water partition coefficient (Wildman–Crippen LogP) is 2.55. The molecule has 16 heavy (non-hydrogen) atoms. The molecule has 0 spiro atoms. The van der Waals surface area contributed by atoms with Crippen LogP contribution in [0.4, 0.5) is 0 Å². The van der Waals surface area contributed by atoms with E-state index in [1.54, 1.807) is 6.07 Å². The molecule has 0 heterocycles. The Bertz CT molecular complexity index is 353. The minimum Gasteiger partial charge on any atom is -0.503 e. The van der Waals surface area contributed by atoms with E-state index >= 15 is 0 Å². The molecule has 0 unspecified atom stereocenters. The van der Waals surface area contributed by atoms with Gasteiger partial charge in [-0.1, -0.05) is 17.7 Å². The molecule has 0 radical (unpaired) electrons. The summed E-state index contributed by atoms with van der Waals surface area (Å²) in [5.74, 6) is 0.452. The maximum atomic E-state index is 9.72. The third-order valence-corrected chi connectivity index (χ3v) is 2.85. The first kappa shape index (κ1) is 13.1. The molecule has 0 saturated carbocycles. The number of aryl methyl sites for hydroxylation is 1. The van der Waals surface area contributed by atoms with Crippen molar-refractivity contribution in [3.05, 3.63) is 22.7 Å². The number of aromatic hydroxyl groups is 1. The zero-order valence-corrected chi connectivity index (χ0v) is 10.7. The molecule has 0 aliphatic heterocycles. The van der Waals surface area contributed by atoms with Crippen LogP contribution in [0.25, 0.3) is 0 Å². The van der Waals surface area contributed by atoms with E-state index in [0.29, 0.717) is 10.8 Å². The summed E-state index contributed by atoms with van der Waals surface area (Å²) in [6.07, 6.45) is 1.87. The molecule has 0 bridgehead atoms. The molecule has 0 aliphatic carbocycles. The van der Waals surface area contributed by atoms with Crippen molar-refractivity contribution in [1.82, 2.24) is 4.90 Å². The highest BCUT2D eigenvalue weighted by atomic mass is 35.5. The molecule has 0 saturated heterocycles. The van der Waals surface area contributed by atoms with Gasteiger partial charge in [-0.25, -0.2) is 0 Å². The van der Waals surface area contributed by atoms with E-state index in [1.165, 1.54) is 7.11 Å². The average Bonchev–Trinajstić information content (AvgIpc) is 2.24. The van der Waals surface area contributed by atoms with Crippen molar-refractivity contribution >= 4 is 11.6 Å². The number of halogens is 1. The van der Waals surface area contributed by atoms with Crippen molar-refractivity contribution in [3.63, 3.8) is 0 Å². The van der Waals surface area contributed by atoms with E-state index in [-0.39, 0.29) is 5.75 Å². The first-order valence-electron chi connectivity index (χ1n) is 5.25. The predicted molar refractivity (Wildman–Crippen MR) is 66.5 cm³/mol. The van der Waals surface area contributed by atoms with Crippen LogP contribution in [0.2, 0.25) is 5.02 Å². The number of hydrogen-bond donors (Lipinski definition) is 1. The lowest BCUT2D eigenvalue weighted by Crippen LogP contribution is -2.13. The zero-order chi connectivity index (χ0) is 12.1. The molecule has 90 valence electrons. The molecule has 1 rings (SSSR count). The van der Waals surface area contributed by atoms with Crippen molar-refractivity contribution in [1.29, 1.82) is 0 Å². The number of ether oxygens (including phenoxy) is 1. The number of phenolic OH excluding ortho intramolecular Hbond substituents is 1. The molecule has 0 atom stereocenters. The quantitative estimate of drug-likeness (QED) is 0.863. The van der Waals surface area contributed by atoms with Crippen LogP contribution in [0.1, 0.15) is 12.0 Å². The maximum Gasteiger partial charge on any atom is 0.177 e. The average molecular weight is 244 g/mol. The monoisotopic (exact) mass is 243 g/mol. The highest BCUT2D eigenvalue weighted by Crippen LogP contribution is 2.36. The summed E-state index contributed by atoms with van der Waals surface area (Å²) in [6.45, 7) is 1.00. The Labute approximate surface area is 102 Å². The lowest BCUT2D eigenvalue weighted by molar-refractivity contribution is 0.372. The van der Waals surface area contributed by atoms with E-state index in [1.807, 2.05) is 20.2 Å². The van der Waals surface area contributed by atoms with Gasteiger partial charge in [0.2, 0.25) is 0 Å². The highest BCUT2D eigenvalue weighted by Gasteiger charge is 2.10. The third kappa shape index (κ3) is 3.29. The lowest BCUT2D eigenvalue weighted by Gasteiger charge is -2.11. The largest absolute Gasteiger partial charge is 0.503 e. The molecule has 0 amide bonds. The number of nitrogens with zero attached hydrogens (tertiary/aromatic N) is 1. The number of phenols is 1. The smallest absolute Gasteiger partial charge is 0.177 e. The van der Waals surface area contributed by atoms with E-state index in [9.17, 15) is 5.11 Å². The van der Waals surface area contributed by atoms with Gasteiger partial charge in [-0.3, -0.25) is 0 Å². The minimum absolute atomic E-state index is 0.0338. The summed E-state index contributed by atoms with van der Waals surface area (Å²) >= 11 is 6.05. The van der Waals surface area contributed by atoms with Crippen LogP contribution in [0.5, 0.6) is 11.5 Å². The van der Waals surface area contributed by atoms with Crippen molar-refractivity contribution < 1.29 is 9.84 Å². The molecule has 3 nitrogen and oxygen atoms in total. The molecule has 4 heteroatoms. The summed E-state index contributed by atoms with van der Waals surface area (Å²) in [4.78, 5) is 2.12. The van der Waals surface area contributed by atoms with Crippen LogP contribution in [-0.4, -0.2) is 37.8 Å². The normalized spacial score (nSPS) is 10.8. The zero-order valence-electron chi connectivity index (χ0n) is 9.96. The Morgan fingerprint density at radius 1 is 1.38 bits per heavy atom. The molecular weight excluding hydrogens is 226 g/mol. The molecule has 1 aromatic rings. The van der Waals surface area contributed by atoms with Crippen LogP contribution in [0, 0.1) is 0 Å². The van der Waals surface area contributed by atoms with Crippen LogP contribution in [0.3, 0.4) is 0 Å². The summed E-state index contributed by atoms with van der Waals surface area (Å²) in [5.41, 5.74) is 0.960. The SMILES string of the molecule is COc1ccc(CCCN(C)C)c(Cl)c1O. The lowest BCUT2D eigenvalue weighted by atomic mass is 10.1. The van der Waals surface area contributed by atoms with Crippen molar-refractivity contribution in [2.75, 3.05) is 27.7 Å². The second-order valence-electron chi connectivity index (χ2n) is 4.00. The van der Waals surface area contributed by atoms with Gasteiger partial charge in [-0.15, -0.1) is 0 Å². The fourth-order valence-electron chi connectivity index (χ4n) is 1.53. The van der Waals surface area contributed by atoms with Gasteiger partial charge in [0, 0.05) is 0 Å². The molecule has 1 N–H and O–H groups in total. The second kappa shape index (κ2) is 5.97. The molecule has 0 aliphatic rings. The van der Waals surface area contributed by atoms with Crippen molar-refractivity contribution in [2.24, 2.45) is 0 Å². The maximum absolute atomic E-state index is 9.72. The highest BCUT2D eigenvalue weighted by molar-refractivity contribution is 6.33. The van der Waals surface area contributed by atoms with Crippen molar-refractivity contribution in [3.8, 4) is 11.5 Å². The Hall–Kier alpha value is -0.930. The number of benzene rings is 1. The van der Waals surface area contributed by atoms with Gasteiger partial charge in [0.25, 0.3) is 0 Å². The number of rotatable bonds is 5. The molecule has 0 fully saturated rings. The Kier molecular flexibility index (Phi) is 4.90. The Morgan fingerprint density at radius 2 is 2.06 bits per heavy atom. The number of methoxy groups -OCH3 is 1. The summed E-state index contributed by atoms with van der Waals surface area (Å²) < 4.78 is 4.98. The van der Waals surface area contributed by atoms with Gasteiger partial charge < -0.3 is 14.7 Å². The topological polar surface area (TPSA) is 32.7 Å². The summed E-state index contributed by atoms with van der Waals surface area (Å²) in [7, 11) is 5.58. The van der Waals surface area contributed by atoms with Gasteiger partial charge in [0.1, 0.15) is 0 Å². The van der Waals surface area contributed by atoms with Gasteiger partial charge in [0.05, 0.1) is 12.1 Å². The van der Waals surface area contributed by atoms with E-state index in [4.69, 9.17) is 16.3 Å². The van der Waals surface area contributed by atoms with Crippen LogP contribution in [0.15, 0.2) is 12.1 Å². The fraction of sp³-hybridized carbons (Fsp3) is 0.500. The first-order valence-corrected chi connectivity index (χ1v) is 5.63. The van der Waals surface area contributed by atoms with Gasteiger partial charge in [-0.05, 0) is 45.1 Å². The van der Waals surface area contributed by atoms with E-state index < -0.39 is 0 Å². The fourth-order valence-corrected chi connectivity index (χ4v) is 1.78. The van der Waals surface area contributed by atoms with Gasteiger partial charge in [-0.2, -0.15) is 0 Å². The van der Waals surface area contributed by atoms with Crippen molar-refractivity contribution in [2.45, 2.75) is 12.8 Å². The van der Waals surface area contributed by atoms with Crippen LogP contribution in [-0.2, 0) is 6.42 Å². The minimum atomic E-state index is 0.0338. The summed E-state index contributed by atoms with van der Waals surface area (Å²) in [5, 5.41) is 10.1. The van der Waals surface area contributed by atoms with Gasteiger partial charge in [0.15, 0.2) is 11.5 Å². The first-order chi connectivity index (χ1) is 7.56. The number of hydrogen-bond acceptors (Lipinski definition) is 3. The molecule has 0 aromatic heterocycles. The van der Waals surface area contributed by atoms with Gasteiger partial charge >= 0.3 is 0 Å². The Balaban J connectivity index is 2.71. The second-order valence-corrected chi connectivity index (χ2v) is 4.37. The Morgan fingerprint density at radius 3 is 2.62 bits per heavy atom. The third-order valence-electron chi connectivity index (χ3n) is 2.43. The van der Waals surface area contributed by atoms with E-state index in [0.717, 1.165) is 24.9 Å². The molecule has 1 aromatic carbocycles. The van der Waals surface area contributed by atoms with Crippen LogP contribution < -0.4 is 4.74 Å². The standard InChI is InChI=1S/C12H18ClNO2/c1-14(2)8-4-5-9-6-7-10(16-3)12(15)11(9)13/h6-7,15H,4-5,8H2,1-3H3. The van der Waals surface area contributed by atoms with E-state index in [2.05, 4.69) is 4.90 Å². The summed E-state index contributed by atoms with van der Waals surface area (Å²) in [6, 6.07) is 3.64. The van der Waals surface area contributed by atoms with Crippen LogP contribution >= 0.6 is 11.6 Å².